The molecule has 7 unspecified atom stereocenters. The third kappa shape index (κ3) is 8.28. The first-order valence-electron chi connectivity index (χ1n) is 13.5. The molecule has 0 fully saturated rings. The first kappa shape index (κ1) is 34.7. The number of hydrogen-bond acceptors (Lipinski definition) is 11. The number of Topliss-reactive ketones (excluding diaryl/α,β-unsaturated/α-hetero) is 2. The number of aliphatic hydroxyl groups excluding tert-OH is 3. The fraction of sp³-hybridized carbons (Fsp3) is 0.586. The highest BCUT2D eigenvalue weighted by Crippen LogP contribution is 2.32. The molecular formula is C29H42N2O11. The number of amides is 2. The lowest BCUT2D eigenvalue weighted by Crippen LogP contribution is -2.39. The monoisotopic (exact) mass is 594 g/mol. The number of carbonyl (C=O) groups is 4. The van der Waals surface area contributed by atoms with Gasteiger partial charge in [0.1, 0.15) is 17.6 Å². The highest BCUT2D eigenvalue weighted by molar-refractivity contribution is 6.50. The number of rotatable bonds is 4. The number of nitrogens with two attached hydrogens (primary N) is 1. The van der Waals surface area contributed by atoms with Crippen LogP contribution in [0.25, 0.3) is 0 Å². The van der Waals surface area contributed by atoms with Crippen LogP contribution in [0.5, 0.6) is 0 Å². The quantitative estimate of drug-likeness (QED) is 0.179. The molecule has 6 N–H and O–H groups in total. The Morgan fingerprint density at radius 1 is 0.976 bits per heavy atom. The zero-order valence-corrected chi connectivity index (χ0v) is 25.0. The van der Waals surface area contributed by atoms with Crippen LogP contribution >= 0.6 is 0 Å². The second kappa shape index (κ2) is 15.1. The van der Waals surface area contributed by atoms with Gasteiger partial charge in [0.15, 0.2) is 11.9 Å². The van der Waals surface area contributed by atoms with Crippen molar-refractivity contribution < 1.29 is 53.4 Å². The third-order valence-electron chi connectivity index (χ3n) is 7.42. The van der Waals surface area contributed by atoms with Gasteiger partial charge in [-0.2, -0.15) is 0 Å². The van der Waals surface area contributed by atoms with E-state index in [1.807, 2.05) is 0 Å². The van der Waals surface area contributed by atoms with Gasteiger partial charge in [-0.3, -0.25) is 14.4 Å². The van der Waals surface area contributed by atoms with Crippen molar-refractivity contribution in [1.29, 1.82) is 0 Å². The van der Waals surface area contributed by atoms with E-state index in [0.717, 1.165) is 0 Å². The summed E-state index contributed by atoms with van der Waals surface area (Å²) in [4.78, 5) is 50.3. The molecular weight excluding hydrogens is 552 g/mol. The van der Waals surface area contributed by atoms with Gasteiger partial charge in [-0.15, -0.1) is 0 Å². The van der Waals surface area contributed by atoms with Gasteiger partial charge >= 0.3 is 6.09 Å². The Labute approximate surface area is 245 Å². The fourth-order valence-corrected chi connectivity index (χ4v) is 5.20. The Kier molecular flexibility index (Phi) is 12.5. The van der Waals surface area contributed by atoms with Crippen LogP contribution in [0.4, 0.5) is 4.79 Å². The SMILES string of the molecule is COC1=C2CC(C)CC(OC)C(O)C(C)C=C(C)C(OC(N)=O)C(OC)CC(O)C=C(C)C(=O)NC(=C2O)C(=O)C1=O. The van der Waals surface area contributed by atoms with Crippen LogP contribution < -0.4 is 11.1 Å². The summed E-state index contributed by atoms with van der Waals surface area (Å²) in [5.74, 6) is -4.85. The number of ether oxygens (including phenoxy) is 4. The number of carbonyl (C=O) groups excluding carboxylic acids is 4. The average Bonchev–Trinajstić information content (AvgIpc) is 2.93. The lowest BCUT2D eigenvalue weighted by molar-refractivity contribution is -0.135. The predicted octanol–water partition coefficient (Wildman–Crippen LogP) is 1.49. The van der Waals surface area contributed by atoms with Gasteiger partial charge in [-0.05, 0) is 44.3 Å². The van der Waals surface area contributed by atoms with Gasteiger partial charge in [-0.25, -0.2) is 4.79 Å². The Bertz CT molecular complexity index is 1190. The van der Waals surface area contributed by atoms with Crippen molar-refractivity contribution in [1.82, 2.24) is 5.32 Å². The molecule has 0 spiro atoms. The summed E-state index contributed by atoms with van der Waals surface area (Å²) in [6.07, 6.45) is -3.02. The van der Waals surface area contributed by atoms with E-state index in [1.54, 1.807) is 26.8 Å². The van der Waals surface area contributed by atoms with Crippen LogP contribution in [-0.4, -0.2) is 90.7 Å². The molecule has 2 rings (SSSR count). The summed E-state index contributed by atoms with van der Waals surface area (Å²) in [5, 5.41) is 35.2. The summed E-state index contributed by atoms with van der Waals surface area (Å²) in [6, 6.07) is 0. The Morgan fingerprint density at radius 2 is 1.60 bits per heavy atom. The number of methoxy groups -OCH3 is 3. The maximum atomic E-state index is 13.0. The first-order chi connectivity index (χ1) is 19.7. The van der Waals surface area contributed by atoms with Gasteiger partial charge in [0.25, 0.3) is 17.5 Å². The number of fused-ring (bicyclic) bond motifs is 1. The van der Waals surface area contributed by atoms with Crippen molar-refractivity contribution in [2.24, 2.45) is 17.6 Å². The summed E-state index contributed by atoms with van der Waals surface area (Å²) in [5.41, 5.74) is 5.17. The Balaban J connectivity index is 2.67. The number of hydrogen-bond donors (Lipinski definition) is 5. The van der Waals surface area contributed by atoms with Crippen LogP contribution in [0.15, 0.2) is 46.1 Å². The normalized spacial score (nSPS) is 30.9. The molecule has 0 saturated carbocycles. The molecule has 0 aromatic carbocycles. The molecule has 7 atom stereocenters. The van der Waals surface area contributed by atoms with Crippen LogP contribution in [0, 0.1) is 11.8 Å². The molecule has 1 aliphatic carbocycles. The van der Waals surface area contributed by atoms with E-state index in [9.17, 15) is 34.5 Å². The first-order valence-corrected chi connectivity index (χ1v) is 13.5. The van der Waals surface area contributed by atoms with Gasteiger partial charge in [0.05, 0.1) is 25.4 Å². The molecule has 234 valence electrons. The van der Waals surface area contributed by atoms with Crippen molar-refractivity contribution in [2.75, 3.05) is 21.3 Å². The zero-order valence-electron chi connectivity index (χ0n) is 25.0. The minimum atomic E-state index is -1.29. The molecule has 2 amide bonds. The van der Waals surface area contributed by atoms with Crippen molar-refractivity contribution in [3.05, 3.63) is 46.1 Å². The standard InChI is InChI=1S/C29H42N2O11/c1-13-8-18-23(34)21(24(35)25(36)27(18)41-7)31-28(37)16(4)11-17(32)12-20(40-6)26(42-29(30)38)15(3)10-14(2)22(33)19(9-13)39-5/h10-11,13-14,17,19-20,22,26,32-34H,8-9,12H2,1-7H3,(H2,30,38)(H,31,37). The highest BCUT2D eigenvalue weighted by Gasteiger charge is 2.38. The largest absolute Gasteiger partial charge is 0.505 e. The topological polar surface area (TPSA) is 204 Å². The maximum Gasteiger partial charge on any atom is 0.405 e. The second-order valence-corrected chi connectivity index (χ2v) is 10.7. The lowest BCUT2D eigenvalue weighted by atomic mass is 9.85. The van der Waals surface area contributed by atoms with Crippen LogP contribution in [0.3, 0.4) is 0 Å². The van der Waals surface area contributed by atoms with Crippen molar-refractivity contribution in [3.63, 3.8) is 0 Å². The third-order valence-corrected chi connectivity index (χ3v) is 7.42. The van der Waals surface area contributed by atoms with E-state index in [1.165, 1.54) is 34.3 Å². The van der Waals surface area contributed by atoms with Gasteiger partial charge in [-0.1, -0.05) is 19.9 Å². The highest BCUT2D eigenvalue weighted by atomic mass is 16.6. The predicted molar refractivity (Wildman–Crippen MR) is 150 cm³/mol. The van der Waals surface area contributed by atoms with E-state index >= 15 is 0 Å². The van der Waals surface area contributed by atoms with Crippen LogP contribution in [0.1, 0.15) is 47.0 Å². The van der Waals surface area contributed by atoms with Crippen molar-refractivity contribution >= 4 is 23.6 Å². The molecule has 0 aromatic heterocycles. The van der Waals surface area contributed by atoms with Gasteiger partial charge < -0.3 is 45.3 Å². The minimum absolute atomic E-state index is 0.0204. The summed E-state index contributed by atoms with van der Waals surface area (Å²) < 4.78 is 21.6. The van der Waals surface area contributed by atoms with E-state index in [4.69, 9.17) is 24.7 Å². The molecule has 0 saturated heterocycles. The van der Waals surface area contributed by atoms with Gasteiger partial charge in [0.2, 0.25) is 0 Å². The molecule has 2 aliphatic rings. The summed E-state index contributed by atoms with van der Waals surface area (Å²) >= 11 is 0. The molecule has 1 aliphatic heterocycles. The Hall–Kier alpha value is -3.52. The number of ketones is 2. The zero-order chi connectivity index (χ0) is 31.9. The molecule has 13 heteroatoms. The fourth-order valence-electron chi connectivity index (χ4n) is 5.20. The van der Waals surface area contributed by atoms with E-state index < -0.39 is 71.5 Å². The van der Waals surface area contributed by atoms with Crippen molar-refractivity contribution in [3.8, 4) is 0 Å². The average molecular weight is 595 g/mol. The van der Waals surface area contributed by atoms with E-state index in [2.05, 4.69) is 5.32 Å². The summed E-state index contributed by atoms with van der Waals surface area (Å²) in [7, 11) is 3.98. The number of allylic oxidation sites excluding steroid dienone is 3. The van der Waals surface area contributed by atoms with E-state index in [-0.39, 0.29) is 42.1 Å². The molecule has 42 heavy (non-hydrogen) atoms. The number of primary amides is 1. The van der Waals surface area contributed by atoms with E-state index in [0.29, 0.717) is 5.57 Å². The van der Waals surface area contributed by atoms with Gasteiger partial charge in [0, 0.05) is 37.7 Å². The smallest absolute Gasteiger partial charge is 0.405 e. The molecule has 0 radical (unpaired) electrons. The number of aliphatic hydroxyl groups is 3. The van der Waals surface area contributed by atoms with Crippen LogP contribution in [0.2, 0.25) is 0 Å². The van der Waals surface area contributed by atoms with Crippen molar-refractivity contribution in [2.45, 2.75) is 77.5 Å². The lowest BCUT2D eigenvalue weighted by Gasteiger charge is -2.30. The minimum Gasteiger partial charge on any atom is -0.505 e. The summed E-state index contributed by atoms with van der Waals surface area (Å²) in [6.45, 7) is 6.57. The maximum absolute atomic E-state index is 13.0. The molecule has 1 heterocycles. The Morgan fingerprint density at radius 3 is 2.14 bits per heavy atom. The molecule has 2 bridgehead atoms. The molecule has 13 nitrogen and oxygen atoms in total. The number of nitrogens with one attached hydrogen (secondary N) is 1. The van der Waals surface area contributed by atoms with Crippen LogP contribution in [-0.2, 0) is 33.3 Å². The second-order valence-electron chi connectivity index (χ2n) is 10.7. The molecule has 0 aromatic rings.